The van der Waals surface area contributed by atoms with Gasteiger partial charge in [-0.1, -0.05) is 6.92 Å². The first-order valence-electron chi connectivity index (χ1n) is 4.84. The highest BCUT2D eigenvalue weighted by Crippen LogP contribution is 2.47. The fraction of sp³-hybridized carbons (Fsp3) is 0.417. The molecular formula is C12H13FO. The number of aryl methyl sites for hydroxylation is 1. The molecule has 14 heavy (non-hydrogen) atoms. The van der Waals surface area contributed by atoms with E-state index < -0.39 is 0 Å². The highest BCUT2D eigenvalue weighted by molar-refractivity contribution is 6.02. The summed E-state index contributed by atoms with van der Waals surface area (Å²) in [6, 6.07) is 4.59. The summed E-state index contributed by atoms with van der Waals surface area (Å²) >= 11 is 0. The standard InChI is InChI=1S/C12H13FO/c1-8-7-9(3-4-10(8)13)11(14)12(2)5-6-12/h3-4,7H,5-6H2,1-2H3. The van der Waals surface area contributed by atoms with Gasteiger partial charge in [-0.15, -0.1) is 0 Å². The molecule has 0 atom stereocenters. The number of ketones is 1. The van der Waals surface area contributed by atoms with Crippen molar-refractivity contribution in [3.63, 3.8) is 0 Å². The van der Waals surface area contributed by atoms with Crippen LogP contribution in [0.1, 0.15) is 35.7 Å². The summed E-state index contributed by atoms with van der Waals surface area (Å²) in [5, 5.41) is 0. The number of Topliss-reactive ketones (excluding diaryl/α,β-unsaturated/α-hetero) is 1. The van der Waals surface area contributed by atoms with Crippen molar-refractivity contribution in [3.05, 3.63) is 35.1 Å². The first-order chi connectivity index (χ1) is 6.53. The van der Waals surface area contributed by atoms with Crippen molar-refractivity contribution in [2.75, 3.05) is 0 Å². The molecule has 1 aliphatic carbocycles. The Labute approximate surface area is 82.9 Å². The molecule has 1 aliphatic rings. The van der Waals surface area contributed by atoms with E-state index in [-0.39, 0.29) is 17.0 Å². The maximum absolute atomic E-state index is 13.0. The molecule has 0 unspecified atom stereocenters. The van der Waals surface area contributed by atoms with Crippen LogP contribution < -0.4 is 0 Å². The minimum Gasteiger partial charge on any atom is -0.294 e. The van der Waals surface area contributed by atoms with E-state index in [1.807, 2.05) is 6.92 Å². The van der Waals surface area contributed by atoms with Gasteiger partial charge in [0, 0.05) is 11.0 Å². The van der Waals surface area contributed by atoms with E-state index in [2.05, 4.69) is 0 Å². The van der Waals surface area contributed by atoms with Gasteiger partial charge in [0.2, 0.25) is 0 Å². The molecule has 0 radical (unpaired) electrons. The van der Waals surface area contributed by atoms with E-state index in [1.165, 1.54) is 6.07 Å². The molecule has 0 aliphatic heterocycles. The van der Waals surface area contributed by atoms with Crippen molar-refractivity contribution in [1.82, 2.24) is 0 Å². The predicted molar refractivity (Wildman–Crippen MR) is 52.8 cm³/mol. The largest absolute Gasteiger partial charge is 0.294 e. The summed E-state index contributed by atoms with van der Waals surface area (Å²) in [7, 11) is 0. The molecule has 0 aromatic heterocycles. The van der Waals surface area contributed by atoms with E-state index in [9.17, 15) is 9.18 Å². The van der Waals surface area contributed by atoms with Gasteiger partial charge in [0.05, 0.1) is 0 Å². The molecule has 0 N–H and O–H groups in total. The van der Waals surface area contributed by atoms with Crippen LogP contribution in [0.25, 0.3) is 0 Å². The Morgan fingerprint density at radius 3 is 2.57 bits per heavy atom. The monoisotopic (exact) mass is 192 g/mol. The van der Waals surface area contributed by atoms with Gasteiger partial charge in [0.25, 0.3) is 0 Å². The summed E-state index contributed by atoms with van der Waals surface area (Å²) in [5.41, 5.74) is 1.02. The van der Waals surface area contributed by atoms with Gasteiger partial charge in [-0.05, 0) is 43.5 Å². The van der Waals surface area contributed by atoms with Crippen molar-refractivity contribution in [2.24, 2.45) is 5.41 Å². The summed E-state index contributed by atoms with van der Waals surface area (Å²) in [6.45, 7) is 3.65. The number of carbonyl (C=O) groups is 1. The first kappa shape index (κ1) is 9.38. The van der Waals surface area contributed by atoms with Crippen LogP contribution >= 0.6 is 0 Å². The highest BCUT2D eigenvalue weighted by atomic mass is 19.1. The molecule has 0 heterocycles. The quantitative estimate of drug-likeness (QED) is 0.658. The predicted octanol–water partition coefficient (Wildman–Crippen LogP) is 3.12. The maximum atomic E-state index is 13.0. The fourth-order valence-corrected chi connectivity index (χ4v) is 1.55. The van der Waals surface area contributed by atoms with Crippen LogP contribution in [0, 0.1) is 18.2 Å². The van der Waals surface area contributed by atoms with Crippen molar-refractivity contribution in [3.8, 4) is 0 Å². The summed E-state index contributed by atoms with van der Waals surface area (Å²) < 4.78 is 13.0. The van der Waals surface area contributed by atoms with Gasteiger partial charge >= 0.3 is 0 Å². The second-order valence-corrected chi connectivity index (χ2v) is 4.35. The third-order valence-corrected chi connectivity index (χ3v) is 2.97. The maximum Gasteiger partial charge on any atom is 0.168 e. The van der Waals surface area contributed by atoms with E-state index in [0.717, 1.165) is 12.8 Å². The molecule has 0 saturated heterocycles. The van der Waals surface area contributed by atoms with Crippen molar-refractivity contribution in [1.29, 1.82) is 0 Å². The zero-order chi connectivity index (χ0) is 10.3. The lowest BCUT2D eigenvalue weighted by atomic mass is 9.96. The Kier molecular flexibility index (Phi) is 1.95. The molecule has 1 saturated carbocycles. The fourth-order valence-electron chi connectivity index (χ4n) is 1.55. The van der Waals surface area contributed by atoms with Crippen molar-refractivity contribution in [2.45, 2.75) is 26.7 Å². The van der Waals surface area contributed by atoms with Crippen LogP contribution in [0.4, 0.5) is 4.39 Å². The third kappa shape index (κ3) is 1.45. The summed E-state index contributed by atoms with van der Waals surface area (Å²) in [6.07, 6.45) is 1.92. The molecule has 2 rings (SSSR count). The number of halogens is 1. The van der Waals surface area contributed by atoms with Gasteiger partial charge in [-0.3, -0.25) is 4.79 Å². The Hall–Kier alpha value is -1.18. The molecule has 1 fully saturated rings. The number of hydrogen-bond acceptors (Lipinski definition) is 1. The number of benzene rings is 1. The van der Waals surface area contributed by atoms with Gasteiger partial charge < -0.3 is 0 Å². The molecule has 0 bridgehead atoms. The molecular weight excluding hydrogens is 179 g/mol. The Bertz CT molecular complexity index is 391. The molecule has 1 aromatic carbocycles. The molecule has 2 heteroatoms. The third-order valence-electron chi connectivity index (χ3n) is 2.97. The second-order valence-electron chi connectivity index (χ2n) is 4.35. The van der Waals surface area contributed by atoms with Gasteiger partial charge in [-0.25, -0.2) is 4.39 Å². The molecule has 0 spiro atoms. The minimum absolute atomic E-state index is 0.153. The highest BCUT2D eigenvalue weighted by Gasteiger charge is 2.44. The number of rotatable bonds is 2. The van der Waals surface area contributed by atoms with Gasteiger partial charge in [0.1, 0.15) is 5.82 Å². The summed E-state index contributed by atoms with van der Waals surface area (Å²) in [5.74, 6) is -0.0944. The van der Waals surface area contributed by atoms with E-state index in [0.29, 0.717) is 11.1 Å². The first-order valence-corrected chi connectivity index (χ1v) is 4.84. The molecule has 74 valence electrons. The number of hydrogen-bond donors (Lipinski definition) is 0. The van der Waals surface area contributed by atoms with E-state index >= 15 is 0 Å². The average Bonchev–Trinajstić information content (AvgIpc) is 2.89. The molecule has 1 aromatic rings. The Morgan fingerprint density at radius 1 is 1.43 bits per heavy atom. The van der Waals surface area contributed by atoms with Crippen LogP contribution in [0.3, 0.4) is 0 Å². The van der Waals surface area contributed by atoms with Crippen molar-refractivity contribution >= 4 is 5.78 Å². The second kappa shape index (κ2) is 2.91. The normalized spacial score (nSPS) is 17.9. The SMILES string of the molecule is Cc1cc(C(=O)C2(C)CC2)ccc1F. The lowest BCUT2D eigenvalue weighted by molar-refractivity contribution is 0.0912. The van der Waals surface area contributed by atoms with Crippen LogP contribution in [0.15, 0.2) is 18.2 Å². The van der Waals surface area contributed by atoms with Crippen LogP contribution in [-0.4, -0.2) is 5.78 Å². The smallest absolute Gasteiger partial charge is 0.168 e. The van der Waals surface area contributed by atoms with Crippen molar-refractivity contribution < 1.29 is 9.18 Å². The lowest BCUT2D eigenvalue weighted by Crippen LogP contribution is -2.12. The summed E-state index contributed by atoms with van der Waals surface area (Å²) in [4.78, 5) is 11.9. The Balaban J connectivity index is 2.33. The van der Waals surface area contributed by atoms with Crippen LogP contribution in [-0.2, 0) is 0 Å². The van der Waals surface area contributed by atoms with Gasteiger partial charge in [0.15, 0.2) is 5.78 Å². The lowest BCUT2D eigenvalue weighted by Gasteiger charge is -2.07. The zero-order valence-corrected chi connectivity index (χ0v) is 8.43. The van der Waals surface area contributed by atoms with E-state index in [4.69, 9.17) is 0 Å². The topological polar surface area (TPSA) is 17.1 Å². The van der Waals surface area contributed by atoms with E-state index in [1.54, 1.807) is 19.1 Å². The Morgan fingerprint density at radius 2 is 2.07 bits per heavy atom. The molecule has 0 amide bonds. The van der Waals surface area contributed by atoms with Gasteiger partial charge in [-0.2, -0.15) is 0 Å². The molecule has 1 nitrogen and oxygen atoms in total. The van der Waals surface area contributed by atoms with Crippen LogP contribution in [0.2, 0.25) is 0 Å². The minimum atomic E-state index is -0.248. The zero-order valence-electron chi connectivity index (χ0n) is 8.43. The number of carbonyl (C=O) groups excluding carboxylic acids is 1. The van der Waals surface area contributed by atoms with Crippen LogP contribution in [0.5, 0.6) is 0 Å². The average molecular weight is 192 g/mol.